The van der Waals surface area contributed by atoms with E-state index in [1.807, 2.05) is 0 Å². The summed E-state index contributed by atoms with van der Waals surface area (Å²) in [5.41, 5.74) is 0. The summed E-state index contributed by atoms with van der Waals surface area (Å²) in [4.78, 5) is 3.79. The number of nitrogens with one attached hydrogen (secondary N) is 1. The Morgan fingerprint density at radius 3 is 2.71 bits per heavy atom. The highest BCUT2D eigenvalue weighted by Gasteiger charge is 2.30. The van der Waals surface area contributed by atoms with Gasteiger partial charge in [0.25, 0.3) is 0 Å². The van der Waals surface area contributed by atoms with Crippen molar-refractivity contribution < 1.29 is 13.2 Å². The third-order valence-corrected chi connectivity index (χ3v) is 2.48. The Balaban J connectivity index is 2.45. The number of anilines is 1. The van der Waals surface area contributed by atoms with Crippen molar-refractivity contribution in [3.05, 3.63) is 10.5 Å². The van der Waals surface area contributed by atoms with Crippen LogP contribution in [0.4, 0.5) is 18.3 Å². The molecule has 0 amide bonds. The summed E-state index contributed by atoms with van der Waals surface area (Å²) in [6.07, 6.45) is -5.04. The predicted molar refractivity (Wildman–Crippen MR) is 50.9 cm³/mol. The first kappa shape index (κ1) is 11.6. The Hall–Kier alpha value is -0.490. The number of thiazole rings is 1. The summed E-state index contributed by atoms with van der Waals surface area (Å²) in [6, 6.07) is -0.697. The molecule has 0 saturated carbocycles. The summed E-state index contributed by atoms with van der Waals surface area (Å²) in [6.45, 7) is 1.45. The summed E-state index contributed by atoms with van der Waals surface area (Å²) in [7, 11) is 0. The Morgan fingerprint density at radius 2 is 2.29 bits per heavy atom. The van der Waals surface area contributed by atoms with Crippen LogP contribution in [-0.2, 0) is 0 Å². The molecule has 1 heterocycles. The van der Waals surface area contributed by atoms with Crippen molar-refractivity contribution in [1.29, 1.82) is 0 Å². The van der Waals surface area contributed by atoms with Gasteiger partial charge in [-0.25, -0.2) is 4.98 Å². The summed E-state index contributed by atoms with van der Waals surface area (Å²) in [5.74, 6) is 0. The molecule has 0 aliphatic rings. The fraction of sp³-hybridized carbons (Fsp3) is 0.571. The zero-order valence-electron chi connectivity index (χ0n) is 7.23. The van der Waals surface area contributed by atoms with Crippen LogP contribution in [0.5, 0.6) is 0 Å². The molecule has 0 aliphatic carbocycles. The van der Waals surface area contributed by atoms with Crippen molar-refractivity contribution in [2.45, 2.75) is 25.6 Å². The molecule has 0 radical (unpaired) electrons. The average molecular weight is 245 g/mol. The minimum atomic E-state index is -4.16. The van der Waals surface area contributed by atoms with Crippen molar-refractivity contribution in [1.82, 2.24) is 4.98 Å². The number of hydrogen-bond donors (Lipinski definition) is 1. The van der Waals surface area contributed by atoms with Crippen LogP contribution in [0.25, 0.3) is 0 Å². The SMILES string of the molecule is CC(CC(F)(F)F)Nc1nc(Cl)cs1. The van der Waals surface area contributed by atoms with Gasteiger partial charge in [-0.3, -0.25) is 0 Å². The molecule has 1 atom stereocenters. The third-order valence-electron chi connectivity index (χ3n) is 1.38. The van der Waals surface area contributed by atoms with Gasteiger partial charge in [-0.2, -0.15) is 13.2 Å². The second kappa shape index (κ2) is 4.35. The van der Waals surface area contributed by atoms with Gasteiger partial charge in [-0.05, 0) is 6.92 Å². The van der Waals surface area contributed by atoms with Crippen molar-refractivity contribution in [3.8, 4) is 0 Å². The van der Waals surface area contributed by atoms with E-state index in [4.69, 9.17) is 11.6 Å². The number of hydrogen-bond acceptors (Lipinski definition) is 3. The number of aromatic nitrogens is 1. The van der Waals surface area contributed by atoms with E-state index in [0.29, 0.717) is 5.13 Å². The van der Waals surface area contributed by atoms with Gasteiger partial charge in [0.1, 0.15) is 5.15 Å². The highest BCUT2D eigenvalue weighted by Crippen LogP contribution is 2.25. The quantitative estimate of drug-likeness (QED) is 0.880. The van der Waals surface area contributed by atoms with Crippen LogP contribution in [0.2, 0.25) is 5.15 Å². The Kier molecular flexibility index (Phi) is 3.60. The maximum atomic E-state index is 11.9. The molecule has 80 valence electrons. The fourth-order valence-electron chi connectivity index (χ4n) is 0.929. The molecule has 1 aromatic heterocycles. The van der Waals surface area contributed by atoms with Gasteiger partial charge in [0.2, 0.25) is 0 Å². The zero-order valence-corrected chi connectivity index (χ0v) is 8.80. The van der Waals surface area contributed by atoms with Gasteiger partial charge in [0.15, 0.2) is 5.13 Å². The highest BCUT2D eigenvalue weighted by molar-refractivity contribution is 7.14. The van der Waals surface area contributed by atoms with E-state index in [1.54, 1.807) is 5.38 Å². The smallest absolute Gasteiger partial charge is 0.359 e. The number of nitrogens with zero attached hydrogens (tertiary/aromatic N) is 1. The molecule has 0 fully saturated rings. The third kappa shape index (κ3) is 4.15. The lowest BCUT2D eigenvalue weighted by Crippen LogP contribution is -2.23. The lowest BCUT2D eigenvalue weighted by atomic mass is 10.2. The van der Waals surface area contributed by atoms with E-state index >= 15 is 0 Å². The molecule has 0 bridgehead atoms. The monoisotopic (exact) mass is 244 g/mol. The van der Waals surface area contributed by atoms with E-state index in [1.165, 1.54) is 18.3 Å². The maximum absolute atomic E-state index is 11.9. The van der Waals surface area contributed by atoms with Gasteiger partial charge in [0.05, 0.1) is 6.42 Å². The Morgan fingerprint density at radius 1 is 1.64 bits per heavy atom. The van der Waals surface area contributed by atoms with E-state index in [9.17, 15) is 13.2 Å². The highest BCUT2D eigenvalue weighted by atomic mass is 35.5. The Bertz CT molecular complexity index is 299. The van der Waals surface area contributed by atoms with Gasteiger partial charge in [-0.15, -0.1) is 11.3 Å². The number of halogens is 4. The lowest BCUT2D eigenvalue weighted by Gasteiger charge is -2.14. The van der Waals surface area contributed by atoms with Gasteiger partial charge in [0, 0.05) is 11.4 Å². The first-order chi connectivity index (χ1) is 6.37. The van der Waals surface area contributed by atoms with Crippen LogP contribution < -0.4 is 5.32 Å². The molecule has 1 rings (SSSR count). The molecule has 7 heteroatoms. The van der Waals surface area contributed by atoms with Crippen LogP contribution in [0.15, 0.2) is 5.38 Å². The molecule has 1 aromatic rings. The van der Waals surface area contributed by atoms with Crippen LogP contribution in [0, 0.1) is 0 Å². The topological polar surface area (TPSA) is 24.9 Å². The second-order valence-corrected chi connectivity index (χ2v) is 4.09. The van der Waals surface area contributed by atoms with Crippen LogP contribution >= 0.6 is 22.9 Å². The molecule has 1 unspecified atom stereocenters. The van der Waals surface area contributed by atoms with Gasteiger partial charge >= 0.3 is 6.18 Å². The second-order valence-electron chi connectivity index (χ2n) is 2.84. The molecule has 0 spiro atoms. The molecular weight excluding hydrogens is 237 g/mol. The first-order valence-corrected chi connectivity index (χ1v) is 5.07. The summed E-state index contributed by atoms with van der Waals surface area (Å²) in [5, 5.41) is 4.88. The summed E-state index contributed by atoms with van der Waals surface area (Å²) < 4.78 is 35.8. The van der Waals surface area contributed by atoms with Crippen LogP contribution in [0.3, 0.4) is 0 Å². The number of alkyl halides is 3. The fourth-order valence-corrected chi connectivity index (χ4v) is 1.88. The molecule has 2 nitrogen and oxygen atoms in total. The average Bonchev–Trinajstić information content (AvgIpc) is 2.30. The normalized spacial score (nSPS) is 14.1. The van der Waals surface area contributed by atoms with Gasteiger partial charge in [-0.1, -0.05) is 11.6 Å². The van der Waals surface area contributed by atoms with Crippen molar-refractivity contribution >= 4 is 28.1 Å². The van der Waals surface area contributed by atoms with E-state index in [0.717, 1.165) is 0 Å². The Labute approximate surface area is 88.1 Å². The minimum absolute atomic E-state index is 0.289. The lowest BCUT2D eigenvalue weighted by molar-refractivity contribution is -0.136. The molecule has 0 aliphatic heterocycles. The van der Waals surface area contributed by atoms with Gasteiger partial charge < -0.3 is 5.32 Å². The largest absolute Gasteiger partial charge is 0.391 e. The molecule has 0 aromatic carbocycles. The van der Waals surface area contributed by atoms with E-state index in [2.05, 4.69) is 10.3 Å². The minimum Gasteiger partial charge on any atom is -0.359 e. The van der Waals surface area contributed by atoms with E-state index in [-0.39, 0.29) is 5.15 Å². The predicted octanol–water partition coefficient (Wildman–Crippen LogP) is 3.55. The van der Waals surface area contributed by atoms with Crippen LogP contribution in [-0.4, -0.2) is 17.2 Å². The molecule has 14 heavy (non-hydrogen) atoms. The maximum Gasteiger partial charge on any atom is 0.391 e. The van der Waals surface area contributed by atoms with E-state index < -0.39 is 18.6 Å². The summed E-state index contributed by atoms with van der Waals surface area (Å²) >= 11 is 6.70. The molecule has 0 saturated heterocycles. The van der Waals surface area contributed by atoms with Crippen molar-refractivity contribution in [3.63, 3.8) is 0 Å². The van der Waals surface area contributed by atoms with Crippen LogP contribution in [0.1, 0.15) is 13.3 Å². The zero-order chi connectivity index (χ0) is 10.8. The molecular formula is C7H8ClF3N2S. The standard InChI is InChI=1S/C7H8ClF3N2S/c1-4(2-7(9,10)11)12-6-13-5(8)3-14-6/h3-4H,2H2,1H3,(H,12,13). The number of rotatable bonds is 3. The molecule has 1 N–H and O–H groups in total. The van der Waals surface area contributed by atoms with Crippen molar-refractivity contribution in [2.75, 3.05) is 5.32 Å². The van der Waals surface area contributed by atoms with Crippen molar-refractivity contribution in [2.24, 2.45) is 0 Å². The first-order valence-electron chi connectivity index (χ1n) is 3.81.